The van der Waals surface area contributed by atoms with Crippen molar-refractivity contribution in [2.24, 2.45) is 5.73 Å². The summed E-state index contributed by atoms with van der Waals surface area (Å²) >= 11 is 11.6. The number of carboxylic acids is 1. The van der Waals surface area contributed by atoms with E-state index in [1.54, 1.807) is 13.8 Å². The van der Waals surface area contributed by atoms with Gasteiger partial charge in [0.05, 0.1) is 11.4 Å². The molecule has 0 aliphatic heterocycles. The average Bonchev–Trinajstić information content (AvgIpc) is 2.21. The van der Waals surface area contributed by atoms with Crippen molar-refractivity contribution >= 4 is 29.2 Å². The van der Waals surface area contributed by atoms with Gasteiger partial charge in [-0.2, -0.15) is 0 Å². The number of nitrogens with two attached hydrogens (primary N) is 1. The van der Waals surface area contributed by atoms with Gasteiger partial charge in [-0.05, 0) is 24.6 Å². The highest BCUT2D eigenvalue weighted by atomic mass is 35.5. The van der Waals surface area contributed by atoms with Crippen molar-refractivity contribution < 1.29 is 14.3 Å². The zero-order chi connectivity index (χ0) is 14.1. The standard InChI is InChI=1S/C12H14Cl2FNO2/c1-6(16)12(2,5-11(17)18)7-3-10(15)9(14)4-8(7)13/h3-4,6H,5,16H2,1-2H3,(H,17,18). The van der Waals surface area contributed by atoms with Crippen molar-refractivity contribution in [3.05, 3.63) is 33.6 Å². The van der Waals surface area contributed by atoms with E-state index in [1.807, 2.05) is 0 Å². The summed E-state index contributed by atoms with van der Waals surface area (Å²) in [5, 5.41) is 9.06. The Kier molecular flexibility index (Phi) is 4.59. The van der Waals surface area contributed by atoms with Gasteiger partial charge in [-0.1, -0.05) is 30.1 Å². The SMILES string of the molecule is CC(N)C(C)(CC(=O)O)c1cc(F)c(Cl)cc1Cl. The van der Waals surface area contributed by atoms with E-state index in [0.29, 0.717) is 5.56 Å². The van der Waals surface area contributed by atoms with Gasteiger partial charge in [0, 0.05) is 16.5 Å². The lowest BCUT2D eigenvalue weighted by molar-refractivity contribution is -0.138. The molecule has 1 rings (SSSR count). The van der Waals surface area contributed by atoms with E-state index >= 15 is 0 Å². The first-order valence-electron chi connectivity index (χ1n) is 5.31. The Labute approximate surface area is 115 Å². The van der Waals surface area contributed by atoms with Crippen LogP contribution < -0.4 is 5.73 Å². The van der Waals surface area contributed by atoms with Crippen molar-refractivity contribution in [2.45, 2.75) is 31.7 Å². The molecule has 1 aromatic rings. The molecule has 0 bridgehead atoms. The maximum atomic E-state index is 13.5. The molecule has 0 aromatic heterocycles. The number of carboxylic acid groups (broad SMARTS) is 1. The van der Waals surface area contributed by atoms with Gasteiger partial charge in [-0.25, -0.2) is 4.39 Å². The molecule has 0 aliphatic rings. The maximum Gasteiger partial charge on any atom is 0.304 e. The summed E-state index contributed by atoms with van der Waals surface area (Å²) in [6.07, 6.45) is -0.245. The largest absolute Gasteiger partial charge is 0.481 e. The van der Waals surface area contributed by atoms with Crippen LogP contribution in [0, 0.1) is 5.82 Å². The van der Waals surface area contributed by atoms with E-state index in [0.717, 1.165) is 6.07 Å². The Morgan fingerprint density at radius 3 is 2.50 bits per heavy atom. The Morgan fingerprint density at radius 2 is 2.06 bits per heavy atom. The van der Waals surface area contributed by atoms with E-state index < -0.39 is 23.2 Å². The highest BCUT2D eigenvalue weighted by Gasteiger charge is 2.36. The van der Waals surface area contributed by atoms with Gasteiger partial charge in [0.25, 0.3) is 0 Å². The van der Waals surface area contributed by atoms with Crippen LogP contribution in [0.3, 0.4) is 0 Å². The normalized spacial score (nSPS) is 16.1. The van der Waals surface area contributed by atoms with E-state index in [4.69, 9.17) is 34.0 Å². The van der Waals surface area contributed by atoms with Crippen molar-refractivity contribution in [3.63, 3.8) is 0 Å². The minimum atomic E-state index is -1.03. The van der Waals surface area contributed by atoms with Crippen LogP contribution in [0.2, 0.25) is 10.0 Å². The molecule has 3 nitrogen and oxygen atoms in total. The van der Waals surface area contributed by atoms with Crippen LogP contribution in [0.4, 0.5) is 4.39 Å². The fourth-order valence-electron chi connectivity index (χ4n) is 1.78. The molecule has 3 N–H and O–H groups in total. The Morgan fingerprint density at radius 1 is 1.50 bits per heavy atom. The van der Waals surface area contributed by atoms with E-state index in [2.05, 4.69) is 0 Å². The molecule has 0 saturated heterocycles. The third kappa shape index (κ3) is 2.94. The van der Waals surface area contributed by atoms with Gasteiger partial charge in [0.2, 0.25) is 0 Å². The van der Waals surface area contributed by atoms with Gasteiger partial charge in [0.15, 0.2) is 0 Å². The molecule has 0 amide bonds. The van der Waals surface area contributed by atoms with Gasteiger partial charge in [-0.15, -0.1) is 0 Å². The third-order valence-electron chi connectivity index (χ3n) is 3.15. The minimum Gasteiger partial charge on any atom is -0.481 e. The second kappa shape index (κ2) is 5.43. The van der Waals surface area contributed by atoms with Crippen LogP contribution in [-0.2, 0) is 10.2 Å². The quantitative estimate of drug-likeness (QED) is 0.838. The monoisotopic (exact) mass is 293 g/mol. The molecule has 1 aromatic carbocycles. The van der Waals surface area contributed by atoms with Crippen molar-refractivity contribution in [3.8, 4) is 0 Å². The molecular weight excluding hydrogens is 280 g/mol. The number of halogens is 3. The predicted molar refractivity (Wildman–Crippen MR) is 69.7 cm³/mol. The summed E-state index contributed by atoms with van der Waals surface area (Å²) in [6, 6.07) is 1.90. The molecule has 2 atom stereocenters. The second-order valence-corrected chi connectivity index (χ2v) is 5.34. The highest BCUT2D eigenvalue weighted by molar-refractivity contribution is 6.35. The first-order valence-corrected chi connectivity index (χ1v) is 6.06. The summed E-state index contributed by atoms with van der Waals surface area (Å²) in [5.41, 5.74) is 5.22. The molecule has 6 heteroatoms. The third-order valence-corrected chi connectivity index (χ3v) is 3.75. The molecule has 18 heavy (non-hydrogen) atoms. The Bertz CT molecular complexity index is 479. The fourth-order valence-corrected chi connectivity index (χ4v) is 2.37. The topological polar surface area (TPSA) is 63.3 Å². The molecule has 0 heterocycles. The molecule has 0 aliphatic carbocycles. The number of hydrogen-bond donors (Lipinski definition) is 2. The van der Waals surface area contributed by atoms with Crippen LogP contribution in [0.25, 0.3) is 0 Å². The number of benzene rings is 1. The number of aliphatic carboxylic acids is 1. The summed E-state index contributed by atoms with van der Waals surface area (Å²) < 4.78 is 13.5. The summed E-state index contributed by atoms with van der Waals surface area (Å²) in [6.45, 7) is 3.30. The molecule has 2 unspecified atom stereocenters. The van der Waals surface area contributed by atoms with E-state index in [1.165, 1.54) is 6.07 Å². The van der Waals surface area contributed by atoms with Gasteiger partial charge in [-0.3, -0.25) is 4.79 Å². The van der Waals surface area contributed by atoms with Crippen LogP contribution in [0.15, 0.2) is 12.1 Å². The van der Waals surface area contributed by atoms with Gasteiger partial charge >= 0.3 is 5.97 Å². The smallest absolute Gasteiger partial charge is 0.304 e. The molecule has 100 valence electrons. The molecule has 0 saturated carbocycles. The van der Waals surface area contributed by atoms with Crippen LogP contribution in [-0.4, -0.2) is 17.1 Å². The fraction of sp³-hybridized carbons (Fsp3) is 0.417. The summed E-state index contributed by atoms with van der Waals surface area (Å²) in [4.78, 5) is 10.9. The summed E-state index contributed by atoms with van der Waals surface area (Å²) in [7, 11) is 0. The molecule has 0 spiro atoms. The van der Waals surface area contributed by atoms with E-state index in [9.17, 15) is 9.18 Å². The average molecular weight is 294 g/mol. The maximum absolute atomic E-state index is 13.5. The number of rotatable bonds is 4. The van der Waals surface area contributed by atoms with Crippen LogP contribution >= 0.6 is 23.2 Å². The van der Waals surface area contributed by atoms with Gasteiger partial charge < -0.3 is 10.8 Å². The van der Waals surface area contributed by atoms with Crippen molar-refractivity contribution in [1.29, 1.82) is 0 Å². The first-order chi connectivity index (χ1) is 8.18. The molecule has 0 fully saturated rings. The zero-order valence-electron chi connectivity index (χ0n) is 10.0. The van der Waals surface area contributed by atoms with E-state index in [-0.39, 0.29) is 16.5 Å². The highest BCUT2D eigenvalue weighted by Crippen LogP contribution is 2.37. The Balaban J connectivity index is 3.39. The number of carbonyl (C=O) groups is 1. The van der Waals surface area contributed by atoms with Crippen LogP contribution in [0.5, 0.6) is 0 Å². The predicted octanol–water partition coefficient (Wildman–Crippen LogP) is 3.21. The van der Waals surface area contributed by atoms with Crippen LogP contribution in [0.1, 0.15) is 25.8 Å². The minimum absolute atomic E-state index is 0.105. The lowest BCUT2D eigenvalue weighted by atomic mass is 9.74. The Hall–Kier alpha value is -0.840. The second-order valence-electron chi connectivity index (χ2n) is 4.52. The summed E-state index contributed by atoms with van der Waals surface area (Å²) in [5.74, 6) is -1.67. The van der Waals surface area contributed by atoms with Gasteiger partial charge in [0.1, 0.15) is 5.82 Å². The molecule has 0 radical (unpaired) electrons. The molecular formula is C12H14Cl2FNO2. The van der Waals surface area contributed by atoms with Crippen molar-refractivity contribution in [2.75, 3.05) is 0 Å². The number of hydrogen-bond acceptors (Lipinski definition) is 2. The first kappa shape index (κ1) is 15.2. The van der Waals surface area contributed by atoms with Crippen molar-refractivity contribution in [1.82, 2.24) is 0 Å². The lowest BCUT2D eigenvalue weighted by Gasteiger charge is -2.33. The lowest BCUT2D eigenvalue weighted by Crippen LogP contribution is -2.43. The zero-order valence-corrected chi connectivity index (χ0v) is 11.5.